The lowest BCUT2D eigenvalue weighted by molar-refractivity contribution is -0.00000994. The van der Waals surface area contributed by atoms with E-state index in [-0.39, 0.29) is 12.4 Å². The van der Waals surface area contributed by atoms with Crippen molar-refractivity contribution in [1.29, 1.82) is 0 Å². The van der Waals surface area contributed by atoms with Gasteiger partial charge in [0.2, 0.25) is 49.2 Å². The minimum Gasteiger partial charge on any atom is -1.00 e. The first-order valence-electron chi connectivity index (χ1n) is 11.1. The van der Waals surface area contributed by atoms with Gasteiger partial charge < -0.3 is 55.0 Å². The topological polar surface area (TPSA) is 83.1 Å². The maximum atomic E-state index is 5.89. The maximum Gasteiger partial charge on any atom is 0.221 e. The summed E-state index contributed by atoms with van der Waals surface area (Å²) in [4.78, 5) is 2.36. The fraction of sp³-hybridized carbons (Fsp3) is 0.333. The largest absolute Gasteiger partial charge is 1.00 e. The van der Waals surface area contributed by atoms with Gasteiger partial charge in [-0.15, -0.1) is 0 Å². The summed E-state index contributed by atoms with van der Waals surface area (Å²) in [6.07, 6.45) is 0. The normalized spacial score (nSPS) is 10.3. The second-order valence-electron chi connectivity index (χ2n) is 7.30. The minimum atomic E-state index is -0.897. The Kier molecular flexibility index (Phi) is 11.2. The Balaban J connectivity index is 0.00000507. The van der Waals surface area contributed by atoms with E-state index in [0.717, 1.165) is 14.7 Å². The molecule has 0 N–H and O–H groups in total. The summed E-state index contributed by atoms with van der Waals surface area (Å²) in [5, 5.41) is 0. The molecule has 0 spiro atoms. The highest BCUT2D eigenvalue weighted by Crippen LogP contribution is 2.54. The van der Waals surface area contributed by atoms with Gasteiger partial charge in [-0.05, 0) is 18.2 Å². The number of benzene rings is 3. The molecule has 0 amide bonds. The average molecular weight is 569 g/mol. The molecule has 9 nitrogen and oxygen atoms in total. The van der Waals surface area contributed by atoms with Gasteiger partial charge in [0.05, 0.1) is 64.0 Å². The van der Waals surface area contributed by atoms with Crippen LogP contribution in [0.4, 0.5) is 0 Å². The maximum absolute atomic E-state index is 5.89. The molecule has 0 fully saturated rings. The molecule has 0 heterocycles. The second-order valence-corrected chi connectivity index (χ2v) is 9.24. The summed E-state index contributed by atoms with van der Waals surface area (Å²) < 4.78 is 51.3. The van der Waals surface area contributed by atoms with E-state index < -0.39 is 10.9 Å². The Bertz CT molecular complexity index is 1080. The molecule has 0 atom stereocenters. The summed E-state index contributed by atoms with van der Waals surface area (Å²) in [6, 6.07) is 11.3. The lowest BCUT2D eigenvalue weighted by Crippen LogP contribution is -3.00. The van der Waals surface area contributed by atoms with Crippen molar-refractivity contribution in [3.05, 3.63) is 36.4 Å². The first-order valence-corrected chi connectivity index (χ1v) is 12.3. The molecule has 0 unspecified atom stereocenters. The van der Waals surface area contributed by atoms with Crippen LogP contribution in [0.2, 0.25) is 0 Å². The first kappa shape index (κ1) is 30.7. The highest BCUT2D eigenvalue weighted by molar-refractivity contribution is 7.97. The first-order chi connectivity index (χ1) is 18.0. The predicted molar refractivity (Wildman–Crippen MR) is 140 cm³/mol. The number of hydrogen-bond donors (Lipinski definition) is 0. The highest BCUT2D eigenvalue weighted by atomic mass is 35.5. The van der Waals surface area contributed by atoms with Crippen molar-refractivity contribution in [3.8, 4) is 51.7 Å². The Morgan fingerprint density at radius 3 is 0.763 bits per heavy atom. The summed E-state index contributed by atoms with van der Waals surface area (Å²) in [6.45, 7) is 0. The zero-order chi connectivity index (χ0) is 27.1. The van der Waals surface area contributed by atoms with Crippen LogP contribution in [0.5, 0.6) is 51.7 Å². The molecule has 0 aliphatic carbocycles. The van der Waals surface area contributed by atoms with Crippen molar-refractivity contribution in [2.45, 2.75) is 14.7 Å². The Morgan fingerprint density at radius 1 is 0.342 bits per heavy atom. The van der Waals surface area contributed by atoms with Crippen molar-refractivity contribution in [2.75, 3.05) is 64.0 Å². The molecule has 208 valence electrons. The number of rotatable bonds is 12. The molecule has 0 bridgehead atoms. The van der Waals surface area contributed by atoms with E-state index in [1.54, 1.807) is 64.0 Å². The number of hydrogen-bond acceptors (Lipinski definition) is 9. The van der Waals surface area contributed by atoms with Gasteiger partial charge in [0, 0.05) is 18.2 Å². The van der Waals surface area contributed by atoms with E-state index >= 15 is 0 Å². The highest BCUT2D eigenvalue weighted by Gasteiger charge is 2.42. The fourth-order valence-electron chi connectivity index (χ4n) is 4.06. The van der Waals surface area contributed by atoms with Crippen LogP contribution in [0.1, 0.15) is 0 Å². The molecule has 0 aliphatic rings. The molecule has 3 aromatic rings. The summed E-state index contributed by atoms with van der Waals surface area (Å²) in [5.74, 6) is 4.47. The molecule has 0 aliphatic heterocycles. The monoisotopic (exact) mass is 568 g/mol. The lowest BCUT2D eigenvalue weighted by atomic mass is 10.3. The van der Waals surface area contributed by atoms with Crippen LogP contribution in [-0.2, 0) is 10.9 Å². The van der Waals surface area contributed by atoms with Gasteiger partial charge in [-0.2, -0.15) is 0 Å². The van der Waals surface area contributed by atoms with Gasteiger partial charge in [0.25, 0.3) is 0 Å². The van der Waals surface area contributed by atoms with Gasteiger partial charge in [-0.25, -0.2) is 0 Å². The van der Waals surface area contributed by atoms with E-state index in [1.807, 2.05) is 36.4 Å². The van der Waals surface area contributed by atoms with Gasteiger partial charge in [0.1, 0.15) is 10.9 Å². The number of methoxy groups -OCH3 is 9. The van der Waals surface area contributed by atoms with E-state index in [4.69, 9.17) is 42.6 Å². The molecule has 3 aromatic carbocycles. The third kappa shape index (κ3) is 5.37. The van der Waals surface area contributed by atoms with Crippen LogP contribution in [0, 0.1) is 0 Å². The molecule has 0 aromatic heterocycles. The third-order valence-corrected chi connectivity index (χ3v) is 7.95. The minimum absolute atomic E-state index is 0. The second kappa shape index (κ2) is 13.9. The zero-order valence-corrected chi connectivity index (χ0v) is 24.5. The van der Waals surface area contributed by atoms with E-state index in [2.05, 4.69) is 0 Å². The van der Waals surface area contributed by atoms with Crippen molar-refractivity contribution in [3.63, 3.8) is 0 Å². The van der Waals surface area contributed by atoms with Crippen LogP contribution in [0.3, 0.4) is 0 Å². The van der Waals surface area contributed by atoms with Gasteiger partial charge in [-0.3, -0.25) is 0 Å². The van der Waals surface area contributed by atoms with Crippen molar-refractivity contribution >= 4 is 10.9 Å². The lowest BCUT2D eigenvalue weighted by Gasteiger charge is -2.20. The smallest absolute Gasteiger partial charge is 0.221 e. The number of halogens is 1. The quantitative estimate of drug-likeness (QED) is 0.304. The Morgan fingerprint density at radius 2 is 0.579 bits per heavy atom. The number of ether oxygens (including phenoxy) is 9. The molecule has 38 heavy (non-hydrogen) atoms. The predicted octanol–water partition coefficient (Wildman–Crippen LogP) is 1.86. The van der Waals surface area contributed by atoms with Crippen molar-refractivity contribution < 1.29 is 55.0 Å². The van der Waals surface area contributed by atoms with Crippen molar-refractivity contribution in [1.82, 2.24) is 0 Å². The molecule has 0 radical (unpaired) electrons. The van der Waals surface area contributed by atoms with Crippen LogP contribution in [0.25, 0.3) is 0 Å². The van der Waals surface area contributed by atoms with E-state index in [9.17, 15) is 0 Å². The van der Waals surface area contributed by atoms with Crippen molar-refractivity contribution in [2.24, 2.45) is 0 Å². The third-order valence-electron chi connectivity index (χ3n) is 5.66. The van der Waals surface area contributed by atoms with Crippen LogP contribution in [0.15, 0.2) is 51.1 Å². The van der Waals surface area contributed by atoms with Crippen LogP contribution < -0.4 is 55.0 Å². The Hall–Kier alpha value is -3.50. The molecule has 3 rings (SSSR count). The SMILES string of the molecule is COc1ccc([S+](c2ccc(OC)c(OC)c2OC)c2ccc(OC)c(OC)c2OC)c(OC)c1OC.[Cl-]. The van der Waals surface area contributed by atoms with Crippen LogP contribution >= 0.6 is 0 Å². The standard InChI is InChI=1S/C27H33O9S.ClH/c1-28-16-10-13-19(25(34-7)22(16)31-4)37(20-14-11-17(29-2)23(32-5)26(20)35-8)21-15-12-18(30-3)24(33-6)27(21)36-9;/h10-15H,1-9H3;1H/q+1;/p-1. The summed E-state index contributed by atoms with van der Waals surface area (Å²) in [7, 11) is 13.3. The molecule has 11 heteroatoms. The van der Waals surface area contributed by atoms with E-state index in [1.165, 1.54) is 0 Å². The van der Waals surface area contributed by atoms with Gasteiger partial charge in [-0.1, -0.05) is 0 Å². The fourth-order valence-corrected chi connectivity index (χ4v) is 6.47. The average Bonchev–Trinajstić information content (AvgIpc) is 2.95. The van der Waals surface area contributed by atoms with Gasteiger partial charge in [0.15, 0.2) is 17.2 Å². The Labute approximate surface area is 232 Å². The van der Waals surface area contributed by atoms with E-state index in [0.29, 0.717) is 51.7 Å². The summed E-state index contributed by atoms with van der Waals surface area (Å²) >= 11 is 0. The van der Waals surface area contributed by atoms with Gasteiger partial charge >= 0.3 is 0 Å². The molecular formula is C27H33ClO9S. The van der Waals surface area contributed by atoms with Crippen LogP contribution in [-0.4, -0.2) is 64.0 Å². The summed E-state index contributed by atoms with van der Waals surface area (Å²) in [5.41, 5.74) is 0. The molecule has 0 saturated heterocycles. The molecule has 0 saturated carbocycles. The molecular weight excluding hydrogens is 536 g/mol. The zero-order valence-electron chi connectivity index (χ0n) is 22.9.